The van der Waals surface area contributed by atoms with Crippen LogP contribution in [0.15, 0.2) is 103 Å². The van der Waals surface area contributed by atoms with E-state index in [-0.39, 0.29) is 0 Å². The standard InChI is InChI=1S/C20H16O3.C6H7N/c1-22-15-8-6-7-14(13-15)20(21)16-9-2-4-11-18(16)23-19-12-5-3-10-17(19)20;7-6-4-2-1-3-5-6/h2-13,21H,1H3;1-5H,7H2. The van der Waals surface area contributed by atoms with Crippen LogP contribution in [0.5, 0.6) is 17.2 Å². The number of ether oxygens (including phenoxy) is 2. The molecule has 0 unspecified atom stereocenters. The summed E-state index contributed by atoms with van der Waals surface area (Å²) in [5.74, 6) is 2.03. The Kier molecular flexibility index (Phi) is 5.42. The van der Waals surface area contributed by atoms with Crippen molar-refractivity contribution >= 4 is 5.69 Å². The number of fused-ring (bicyclic) bond motifs is 2. The SMILES string of the molecule is COc1cccc(C2(O)c3ccccc3Oc3ccccc32)c1.Nc1ccccc1. The zero-order chi connectivity index (χ0) is 21.0. The Hall–Kier alpha value is -3.76. The molecular weight excluding hydrogens is 374 g/mol. The second kappa shape index (κ2) is 8.31. The molecule has 0 saturated heterocycles. The molecule has 30 heavy (non-hydrogen) atoms. The minimum absolute atomic E-state index is 0.663. The molecule has 4 nitrogen and oxygen atoms in total. The first-order valence-electron chi connectivity index (χ1n) is 9.67. The van der Waals surface area contributed by atoms with E-state index in [1.54, 1.807) is 7.11 Å². The number of hydrogen-bond donors (Lipinski definition) is 2. The third-order valence-corrected chi connectivity index (χ3v) is 5.06. The van der Waals surface area contributed by atoms with Crippen LogP contribution >= 0.6 is 0 Å². The van der Waals surface area contributed by atoms with E-state index in [1.807, 2.05) is 103 Å². The molecule has 3 N–H and O–H groups in total. The molecule has 0 saturated carbocycles. The molecule has 0 radical (unpaired) electrons. The quantitative estimate of drug-likeness (QED) is 0.447. The lowest BCUT2D eigenvalue weighted by molar-refractivity contribution is 0.112. The van der Waals surface area contributed by atoms with Gasteiger partial charge in [0.15, 0.2) is 0 Å². The van der Waals surface area contributed by atoms with E-state index in [0.29, 0.717) is 17.2 Å². The highest BCUT2D eigenvalue weighted by atomic mass is 16.5. The summed E-state index contributed by atoms with van der Waals surface area (Å²) < 4.78 is 11.3. The lowest BCUT2D eigenvalue weighted by Crippen LogP contribution is -2.32. The van der Waals surface area contributed by atoms with E-state index in [1.165, 1.54) is 0 Å². The van der Waals surface area contributed by atoms with Gasteiger partial charge in [-0.05, 0) is 42.0 Å². The molecule has 1 aliphatic heterocycles. The number of rotatable bonds is 2. The Balaban J connectivity index is 0.000000265. The molecule has 0 spiro atoms. The van der Waals surface area contributed by atoms with Gasteiger partial charge in [0.2, 0.25) is 0 Å². The van der Waals surface area contributed by atoms with Gasteiger partial charge in [-0.3, -0.25) is 0 Å². The van der Waals surface area contributed by atoms with Crippen molar-refractivity contribution in [3.05, 3.63) is 120 Å². The molecule has 0 atom stereocenters. The zero-order valence-corrected chi connectivity index (χ0v) is 16.7. The third-order valence-electron chi connectivity index (χ3n) is 5.06. The van der Waals surface area contributed by atoms with E-state index >= 15 is 0 Å². The van der Waals surface area contributed by atoms with Gasteiger partial charge in [-0.15, -0.1) is 0 Å². The van der Waals surface area contributed by atoms with Gasteiger partial charge in [0.25, 0.3) is 0 Å². The van der Waals surface area contributed by atoms with Gasteiger partial charge in [0, 0.05) is 16.8 Å². The smallest absolute Gasteiger partial charge is 0.147 e. The molecule has 0 bridgehead atoms. The van der Waals surface area contributed by atoms with Gasteiger partial charge in [-0.1, -0.05) is 66.7 Å². The molecule has 5 rings (SSSR count). The van der Waals surface area contributed by atoms with Crippen molar-refractivity contribution in [1.29, 1.82) is 0 Å². The van der Waals surface area contributed by atoms with E-state index in [4.69, 9.17) is 15.2 Å². The van der Waals surface area contributed by atoms with Crippen LogP contribution in [0.3, 0.4) is 0 Å². The van der Waals surface area contributed by atoms with E-state index < -0.39 is 5.60 Å². The summed E-state index contributed by atoms with van der Waals surface area (Å²) in [4.78, 5) is 0. The number of nitrogen functional groups attached to an aromatic ring is 1. The Morgan fingerprint density at radius 3 is 1.83 bits per heavy atom. The van der Waals surface area contributed by atoms with Gasteiger partial charge >= 0.3 is 0 Å². The molecule has 150 valence electrons. The zero-order valence-electron chi connectivity index (χ0n) is 16.7. The lowest BCUT2D eigenvalue weighted by Gasteiger charge is -2.36. The minimum atomic E-state index is -1.28. The van der Waals surface area contributed by atoms with Crippen LogP contribution in [0.25, 0.3) is 0 Å². The fraction of sp³-hybridized carbons (Fsp3) is 0.0769. The van der Waals surface area contributed by atoms with E-state index in [9.17, 15) is 5.11 Å². The molecule has 4 aromatic carbocycles. The summed E-state index contributed by atoms with van der Waals surface area (Å²) in [7, 11) is 1.62. The van der Waals surface area contributed by atoms with Gasteiger partial charge in [-0.25, -0.2) is 0 Å². The van der Waals surface area contributed by atoms with Gasteiger partial charge in [-0.2, -0.15) is 0 Å². The second-order valence-electron chi connectivity index (χ2n) is 6.95. The van der Waals surface area contributed by atoms with E-state index in [0.717, 1.165) is 22.4 Å². The van der Waals surface area contributed by atoms with Gasteiger partial charge < -0.3 is 20.3 Å². The van der Waals surface area contributed by atoms with Gasteiger partial charge in [0.1, 0.15) is 22.8 Å². The van der Waals surface area contributed by atoms with E-state index in [2.05, 4.69) is 0 Å². The lowest BCUT2D eigenvalue weighted by atomic mass is 9.78. The minimum Gasteiger partial charge on any atom is -0.497 e. The predicted octanol–water partition coefficient (Wildman–Crippen LogP) is 5.35. The average molecular weight is 397 g/mol. The maximum absolute atomic E-state index is 11.7. The molecule has 4 heteroatoms. The fourth-order valence-electron chi connectivity index (χ4n) is 3.58. The molecule has 4 aromatic rings. The van der Waals surface area contributed by atoms with Crippen LogP contribution in [-0.4, -0.2) is 12.2 Å². The maximum Gasteiger partial charge on any atom is 0.147 e. The molecule has 0 aliphatic carbocycles. The monoisotopic (exact) mass is 397 g/mol. The fourth-order valence-corrected chi connectivity index (χ4v) is 3.58. The van der Waals surface area contributed by atoms with Crippen molar-refractivity contribution < 1.29 is 14.6 Å². The van der Waals surface area contributed by atoms with Crippen molar-refractivity contribution in [3.63, 3.8) is 0 Å². The van der Waals surface area contributed by atoms with Crippen LogP contribution in [0.4, 0.5) is 5.69 Å². The molecule has 0 aromatic heterocycles. The number of aliphatic hydroxyl groups is 1. The Labute approximate surface area is 176 Å². The van der Waals surface area contributed by atoms with Gasteiger partial charge in [0.05, 0.1) is 7.11 Å². The number of para-hydroxylation sites is 3. The summed E-state index contributed by atoms with van der Waals surface area (Å²) in [6.07, 6.45) is 0. The number of nitrogens with two attached hydrogens (primary N) is 1. The highest BCUT2D eigenvalue weighted by Crippen LogP contribution is 2.50. The summed E-state index contributed by atoms with van der Waals surface area (Å²) in [5.41, 5.74) is 7.11. The van der Waals surface area contributed by atoms with Crippen LogP contribution in [0, 0.1) is 0 Å². The number of benzene rings is 4. The summed E-state index contributed by atoms with van der Waals surface area (Å²) >= 11 is 0. The topological polar surface area (TPSA) is 64.7 Å². The first-order chi connectivity index (χ1) is 14.6. The Morgan fingerprint density at radius 2 is 1.30 bits per heavy atom. The number of hydrogen-bond acceptors (Lipinski definition) is 4. The van der Waals surface area contributed by atoms with Crippen LogP contribution in [0.1, 0.15) is 16.7 Å². The number of methoxy groups -OCH3 is 1. The second-order valence-corrected chi connectivity index (χ2v) is 6.95. The Bertz CT molecular complexity index is 1100. The molecule has 0 amide bonds. The maximum atomic E-state index is 11.7. The predicted molar refractivity (Wildman–Crippen MR) is 119 cm³/mol. The summed E-state index contributed by atoms with van der Waals surface area (Å²) in [6, 6.07) is 32.1. The molecule has 1 aliphatic rings. The van der Waals surface area contributed by atoms with Crippen molar-refractivity contribution in [2.24, 2.45) is 0 Å². The highest BCUT2D eigenvalue weighted by molar-refractivity contribution is 5.61. The first-order valence-corrected chi connectivity index (χ1v) is 9.67. The largest absolute Gasteiger partial charge is 0.497 e. The molecule has 0 fully saturated rings. The Morgan fingerprint density at radius 1 is 0.733 bits per heavy atom. The summed E-state index contributed by atoms with van der Waals surface area (Å²) in [6.45, 7) is 0. The normalized spacial score (nSPS) is 13.0. The van der Waals surface area contributed by atoms with Crippen molar-refractivity contribution in [2.75, 3.05) is 12.8 Å². The average Bonchev–Trinajstić information content (AvgIpc) is 2.80. The van der Waals surface area contributed by atoms with Crippen LogP contribution < -0.4 is 15.2 Å². The van der Waals surface area contributed by atoms with Crippen molar-refractivity contribution in [3.8, 4) is 17.2 Å². The number of anilines is 1. The van der Waals surface area contributed by atoms with Crippen LogP contribution in [0.2, 0.25) is 0 Å². The highest BCUT2D eigenvalue weighted by Gasteiger charge is 2.42. The third kappa shape index (κ3) is 3.61. The van der Waals surface area contributed by atoms with Crippen molar-refractivity contribution in [2.45, 2.75) is 5.60 Å². The van der Waals surface area contributed by atoms with Crippen molar-refractivity contribution in [1.82, 2.24) is 0 Å². The van der Waals surface area contributed by atoms with Crippen LogP contribution in [-0.2, 0) is 5.60 Å². The summed E-state index contributed by atoms with van der Waals surface area (Å²) in [5, 5.41) is 11.7. The molecular formula is C26H23NO3. The first kappa shape index (κ1) is 19.6. The molecule has 1 heterocycles.